The summed E-state index contributed by atoms with van der Waals surface area (Å²) in [7, 11) is 3.35. The summed E-state index contributed by atoms with van der Waals surface area (Å²) in [6, 6.07) is 19.9. The molecule has 3 aromatic carbocycles. The summed E-state index contributed by atoms with van der Waals surface area (Å²) < 4.78 is 61.8. The molecule has 0 bridgehead atoms. The van der Waals surface area contributed by atoms with Gasteiger partial charge in [0.15, 0.2) is 0 Å². The molecule has 0 atom stereocenters. The highest BCUT2D eigenvalue weighted by Gasteiger charge is 2.31. The molecule has 0 spiro atoms. The molecule has 4 rings (SSSR count). The van der Waals surface area contributed by atoms with Gasteiger partial charge in [0.25, 0.3) is 0 Å². The van der Waals surface area contributed by atoms with Gasteiger partial charge in [-0.15, -0.1) is 17.5 Å². The first-order valence-corrected chi connectivity index (χ1v) is 12.9. The normalized spacial score (nSPS) is 12.2. The van der Waals surface area contributed by atoms with Crippen LogP contribution >= 0.6 is 12.4 Å². The van der Waals surface area contributed by atoms with Crippen molar-refractivity contribution in [3.63, 3.8) is 0 Å². The summed E-state index contributed by atoms with van der Waals surface area (Å²) in [4.78, 5) is 13.0. The quantitative estimate of drug-likeness (QED) is 0.0873. The molecular formula is C31H31ClF4N4O2. The number of rotatable bonds is 11. The van der Waals surface area contributed by atoms with Crippen LogP contribution in [0, 0.1) is 5.95 Å². The summed E-state index contributed by atoms with van der Waals surface area (Å²) in [5.74, 6) is -0.283. The number of ether oxygens (including phenoxy) is 1. The Balaban J connectivity index is 0.00000484. The molecule has 0 saturated heterocycles. The van der Waals surface area contributed by atoms with Crippen LogP contribution in [0.2, 0.25) is 0 Å². The number of carbonyl (C=O) groups is 1. The number of nitrogens with one attached hydrogen (secondary N) is 2. The second-order valence-electron chi connectivity index (χ2n) is 9.50. The van der Waals surface area contributed by atoms with Crippen LogP contribution in [-0.2, 0) is 4.79 Å². The zero-order valence-electron chi connectivity index (χ0n) is 23.0. The van der Waals surface area contributed by atoms with Crippen molar-refractivity contribution in [2.45, 2.75) is 12.6 Å². The molecular weight excluding hydrogens is 572 g/mol. The summed E-state index contributed by atoms with van der Waals surface area (Å²) in [6.07, 6.45) is -2.44. The Kier molecular flexibility index (Phi) is 11.3. The molecule has 0 fully saturated rings. The fourth-order valence-electron chi connectivity index (χ4n) is 4.28. The minimum Gasteiger partial charge on any atom is -0.492 e. The van der Waals surface area contributed by atoms with Gasteiger partial charge in [0.1, 0.15) is 12.4 Å². The molecule has 0 aliphatic rings. The number of hydrogen-bond acceptors (Lipinski definition) is 4. The number of benzene rings is 3. The smallest absolute Gasteiger partial charge is 0.393 e. The van der Waals surface area contributed by atoms with Gasteiger partial charge < -0.3 is 15.0 Å². The number of amides is 1. The molecule has 1 heterocycles. The lowest BCUT2D eigenvalue weighted by Gasteiger charge is -2.19. The average molecular weight is 603 g/mol. The van der Waals surface area contributed by atoms with E-state index in [2.05, 4.69) is 15.5 Å². The topological polar surface area (TPSA) is 70.2 Å². The number of carbonyl (C=O) groups excluding carboxylic acids is 1. The van der Waals surface area contributed by atoms with Gasteiger partial charge >= 0.3 is 6.18 Å². The lowest BCUT2D eigenvalue weighted by molar-refractivity contribution is -0.124. The number of nitrogens with zero attached hydrogens (tertiary/aromatic N) is 2. The Morgan fingerprint density at radius 3 is 2.36 bits per heavy atom. The van der Waals surface area contributed by atoms with E-state index in [1.807, 2.05) is 0 Å². The molecule has 222 valence electrons. The van der Waals surface area contributed by atoms with Crippen LogP contribution in [0.15, 0.2) is 84.9 Å². The Bertz CT molecular complexity index is 1530. The maximum absolute atomic E-state index is 14.3. The van der Waals surface area contributed by atoms with Gasteiger partial charge in [-0.25, -0.2) is 0 Å². The number of hydrogen-bond donors (Lipinski definition) is 2. The lowest BCUT2D eigenvalue weighted by atomic mass is 9.87. The molecule has 0 aliphatic heterocycles. The largest absolute Gasteiger partial charge is 0.492 e. The Morgan fingerprint density at radius 2 is 1.69 bits per heavy atom. The summed E-state index contributed by atoms with van der Waals surface area (Å²) in [5, 5.41) is 9.49. The summed E-state index contributed by atoms with van der Waals surface area (Å²) >= 11 is 0. The van der Waals surface area contributed by atoms with Crippen LogP contribution < -0.4 is 10.1 Å². The first-order valence-electron chi connectivity index (χ1n) is 12.9. The monoisotopic (exact) mass is 602 g/mol. The zero-order valence-corrected chi connectivity index (χ0v) is 23.9. The molecule has 42 heavy (non-hydrogen) atoms. The number of alkyl halides is 3. The van der Waals surface area contributed by atoms with Crippen LogP contribution in [0.5, 0.6) is 5.75 Å². The van der Waals surface area contributed by atoms with Crippen LogP contribution in [0.3, 0.4) is 0 Å². The van der Waals surface area contributed by atoms with Gasteiger partial charge in [0, 0.05) is 33.3 Å². The molecule has 2 N–H and O–H groups in total. The molecule has 0 aliphatic carbocycles. The minimum atomic E-state index is -4.48. The SMILES string of the molecule is CN(C)C(=O)C=CCNCCOc1ccc(C(=C(CC(F)(F)F)c2ccccc2)c2ccc3[nH]nc(F)c3c2)cc1.Cl. The van der Waals surface area contributed by atoms with E-state index in [-0.39, 0.29) is 29.3 Å². The summed E-state index contributed by atoms with van der Waals surface area (Å²) in [5.41, 5.74) is 2.22. The van der Waals surface area contributed by atoms with Crippen molar-refractivity contribution in [2.75, 3.05) is 33.8 Å². The maximum atomic E-state index is 14.3. The second kappa shape index (κ2) is 14.7. The third-order valence-electron chi connectivity index (χ3n) is 6.26. The number of aromatic nitrogens is 2. The van der Waals surface area contributed by atoms with E-state index in [1.54, 1.807) is 86.9 Å². The second-order valence-corrected chi connectivity index (χ2v) is 9.50. The van der Waals surface area contributed by atoms with Crippen LogP contribution in [-0.4, -0.2) is 61.0 Å². The average Bonchev–Trinajstić information content (AvgIpc) is 3.32. The number of H-pyrrole nitrogens is 1. The molecule has 4 aromatic rings. The first kappa shape index (κ1) is 32.4. The lowest BCUT2D eigenvalue weighted by Crippen LogP contribution is -2.22. The van der Waals surface area contributed by atoms with Crippen molar-refractivity contribution in [3.8, 4) is 5.75 Å². The standard InChI is InChI=1S/C31H30F4N4O2.ClH/c1-39(2)28(40)9-6-16-36-17-18-41-24-13-10-22(11-14-24)29(23-12-15-27-25(19-23)30(32)38-37-27)26(20-31(33,34)35)21-7-4-3-5-8-21;/h3-15,19,36H,16-18,20H2,1-2H3,(H,37,38);1H. The van der Waals surface area contributed by atoms with E-state index in [1.165, 1.54) is 17.0 Å². The Hall–Kier alpha value is -4.15. The van der Waals surface area contributed by atoms with Crippen LogP contribution in [0.1, 0.15) is 23.1 Å². The number of fused-ring (bicyclic) bond motifs is 1. The van der Waals surface area contributed by atoms with E-state index >= 15 is 0 Å². The highest BCUT2D eigenvalue weighted by Crippen LogP contribution is 2.40. The van der Waals surface area contributed by atoms with Crippen LogP contribution in [0.25, 0.3) is 22.0 Å². The predicted molar refractivity (Wildman–Crippen MR) is 159 cm³/mol. The molecule has 11 heteroatoms. The zero-order chi connectivity index (χ0) is 29.4. The Morgan fingerprint density at radius 1 is 1.00 bits per heavy atom. The van der Waals surface area contributed by atoms with Gasteiger partial charge in [0.05, 0.1) is 17.3 Å². The number of halogens is 5. The minimum absolute atomic E-state index is 0. The van der Waals surface area contributed by atoms with E-state index in [4.69, 9.17) is 4.74 Å². The summed E-state index contributed by atoms with van der Waals surface area (Å²) in [6.45, 7) is 1.36. The Labute approximate surface area is 247 Å². The fraction of sp³-hybridized carbons (Fsp3) is 0.226. The highest BCUT2D eigenvalue weighted by molar-refractivity contribution is 6.00. The van der Waals surface area contributed by atoms with Crippen molar-refractivity contribution in [2.24, 2.45) is 0 Å². The molecule has 0 unspecified atom stereocenters. The third-order valence-corrected chi connectivity index (χ3v) is 6.26. The molecule has 1 amide bonds. The highest BCUT2D eigenvalue weighted by atomic mass is 35.5. The van der Waals surface area contributed by atoms with Gasteiger partial charge in [0.2, 0.25) is 11.9 Å². The number of aromatic amines is 1. The van der Waals surface area contributed by atoms with E-state index in [0.29, 0.717) is 53.2 Å². The number of likely N-dealkylation sites (N-methyl/N-ethyl adjacent to an activating group) is 1. The maximum Gasteiger partial charge on any atom is 0.393 e. The molecule has 0 saturated carbocycles. The predicted octanol–water partition coefficient (Wildman–Crippen LogP) is 6.65. The van der Waals surface area contributed by atoms with Crippen molar-refractivity contribution in [1.82, 2.24) is 20.4 Å². The van der Waals surface area contributed by atoms with Crippen molar-refractivity contribution in [1.29, 1.82) is 0 Å². The van der Waals surface area contributed by atoms with Crippen LogP contribution in [0.4, 0.5) is 17.6 Å². The number of allylic oxidation sites excluding steroid dienone is 1. The first-order chi connectivity index (χ1) is 19.6. The molecule has 0 radical (unpaired) electrons. The molecule has 6 nitrogen and oxygen atoms in total. The van der Waals surface area contributed by atoms with Gasteiger partial charge in [-0.1, -0.05) is 54.6 Å². The fourth-order valence-corrected chi connectivity index (χ4v) is 4.28. The van der Waals surface area contributed by atoms with Gasteiger partial charge in [-0.3, -0.25) is 9.89 Å². The van der Waals surface area contributed by atoms with Crippen molar-refractivity contribution < 1.29 is 27.1 Å². The van der Waals surface area contributed by atoms with E-state index in [0.717, 1.165) is 0 Å². The van der Waals surface area contributed by atoms with E-state index < -0.39 is 18.5 Å². The third kappa shape index (κ3) is 8.67. The molecule has 1 aromatic heterocycles. The van der Waals surface area contributed by atoms with E-state index in [9.17, 15) is 22.4 Å². The van der Waals surface area contributed by atoms with Crippen molar-refractivity contribution in [3.05, 3.63) is 108 Å². The van der Waals surface area contributed by atoms with Gasteiger partial charge in [-0.2, -0.15) is 17.6 Å². The van der Waals surface area contributed by atoms with Gasteiger partial charge in [-0.05, 0) is 52.1 Å². The van der Waals surface area contributed by atoms with Crippen molar-refractivity contribution >= 4 is 40.4 Å².